The van der Waals surface area contributed by atoms with E-state index in [0.717, 1.165) is 6.08 Å². The Morgan fingerprint density at radius 2 is 2.38 bits per heavy atom. The molecule has 1 N–H and O–H groups in total. The summed E-state index contributed by atoms with van der Waals surface area (Å²) in [5, 5.41) is 8.35. The summed E-state index contributed by atoms with van der Waals surface area (Å²) in [5.41, 5.74) is 0. The first kappa shape index (κ1) is 9.51. The highest BCUT2D eigenvalue weighted by atomic mass is 16.4. The zero-order chi connectivity index (χ0) is 9.84. The van der Waals surface area contributed by atoms with Gasteiger partial charge in [-0.3, -0.25) is 4.79 Å². The number of hydrogen-bond acceptors (Lipinski definition) is 2. The van der Waals surface area contributed by atoms with Crippen molar-refractivity contribution in [2.24, 2.45) is 5.92 Å². The topological polar surface area (TPSA) is 57.6 Å². The fourth-order valence-electron chi connectivity index (χ4n) is 1.28. The van der Waals surface area contributed by atoms with Gasteiger partial charge in [0.15, 0.2) is 0 Å². The van der Waals surface area contributed by atoms with Crippen molar-refractivity contribution >= 4 is 11.9 Å². The molecule has 70 valence electrons. The third-order valence-corrected chi connectivity index (χ3v) is 1.97. The van der Waals surface area contributed by atoms with Gasteiger partial charge >= 0.3 is 5.97 Å². The number of carboxylic acids is 1. The minimum absolute atomic E-state index is 0.0764. The molecule has 1 saturated heterocycles. The quantitative estimate of drug-likeness (QED) is 0.649. The Morgan fingerprint density at radius 3 is 2.85 bits per heavy atom. The molecule has 1 aliphatic heterocycles. The molecule has 0 aromatic rings. The maximum atomic E-state index is 11.4. The lowest BCUT2D eigenvalue weighted by atomic mass is 10.1. The van der Waals surface area contributed by atoms with Crippen LogP contribution in [0, 0.1) is 5.92 Å². The molecule has 1 amide bonds. The normalized spacial score (nSPS) is 22.6. The van der Waals surface area contributed by atoms with Crippen molar-refractivity contribution < 1.29 is 14.7 Å². The predicted molar refractivity (Wildman–Crippen MR) is 46.8 cm³/mol. The molecule has 1 fully saturated rings. The number of likely N-dealkylation sites (tertiary alicyclic amines) is 1. The standard InChI is InChI=1S/C9H11NO3/c1-2-10-6-5-7(9(10)13)3-4-8(11)12/h2-4,7H,1,5-6H2,(H,11,12). The van der Waals surface area contributed by atoms with E-state index in [2.05, 4.69) is 6.58 Å². The SMILES string of the molecule is C=CN1CCC(C=CC(=O)O)C1=O. The summed E-state index contributed by atoms with van der Waals surface area (Å²) in [7, 11) is 0. The lowest BCUT2D eigenvalue weighted by molar-refractivity contribution is -0.131. The number of aliphatic carboxylic acids is 1. The Labute approximate surface area is 76.2 Å². The number of hydrogen-bond donors (Lipinski definition) is 1. The van der Waals surface area contributed by atoms with E-state index in [1.54, 1.807) is 0 Å². The van der Waals surface area contributed by atoms with E-state index in [4.69, 9.17) is 5.11 Å². The van der Waals surface area contributed by atoms with Gasteiger partial charge in [-0.2, -0.15) is 0 Å². The maximum absolute atomic E-state index is 11.4. The Kier molecular flexibility index (Phi) is 2.84. The average Bonchev–Trinajstić information content (AvgIpc) is 2.43. The van der Waals surface area contributed by atoms with Gasteiger partial charge < -0.3 is 10.0 Å². The average molecular weight is 181 g/mol. The number of amides is 1. The lowest BCUT2D eigenvalue weighted by Crippen LogP contribution is -2.20. The predicted octanol–water partition coefficient (Wildman–Crippen LogP) is 0.619. The van der Waals surface area contributed by atoms with Gasteiger partial charge in [0, 0.05) is 12.6 Å². The zero-order valence-corrected chi connectivity index (χ0v) is 7.14. The highest BCUT2D eigenvalue weighted by molar-refractivity contribution is 5.86. The number of carbonyl (C=O) groups is 2. The van der Waals surface area contributed by atoms with E-state index in [9.17, 15) is 9.59 Å². The number of carboxylic acid groups (broad SMARTS) is 1. The van der Waals surface area contributed by atoms with Crippen LogP contribution in [0.1, 0.15) is 6.42 Å². The van der Waals surface area contributed by atoms with Gasteiger partial charge in [-0.05, 0) is 12.6 Å². The van der Waals surface area contributed by atoms with E-state index in [1.165, 1.54) is 17.2 Å². The fourth-order valence-corrected chi connectivity index (χ4v) is 1.28. The molecule has 0 aromatic carbocycles. The number of carbonyl (C=O) groups excluding carboxylic acids is 1. The molecule has 13 heavy (non-hydrogen) atoms. The molecule has 4 nitrogen and oxygen atoms in total. The summed E-state index contributed by atoms with van der Waals surface area (Å²) in [5.74, 6) is -1.40. The van der Waals surface area contributed by atoms with Crippen LogP contribution in [0.2, 0.25) is 0 Å². The van der Waals surface area contributed by atoms with E-state index in [-0.39, 0.29) is 11.8 Å². The van der Waals surface area contributed by atoms with Crippen LogP contribution in [0.5, 0.6) is 0 Å². The van der Waals surface area contributed by atoms with Crippen LogP contribution in [-0.4, -0.2) is 28.4 Å². The smallest absolute Gasteiger partial charge is 0.328 e. The molecule has 4 heteroatoms. The molecule has 1 unspecified atom stereocenters. The van der Waals surface area contributed by atoms with E-state index in [1.807, 2.05) is 0 Å². The second-order valence-corrected chi connectivity index (χ2v) is 2.81. The van der Waals surface area contributed by atoms with Crippen LogP contribution < -0.4 is 0 Å². The van der Waals surface area contributed by atoms with E-state index < -0.39 is 5.97 Å². The van der Waals surface area contributed by atoms with Crippen molar-refractivity contribution in [2.45, 2.75) is 6.42 Å². The summed E-state index contributed by atoms with van der Waals surface area (Å²) in [6, 6.07) is 0. The van der Waals surface area contributed by atoms with Crippen molar-refractivity contribution in [1.82, 2.24) is 4.90 Å². The van der Waals surface area contributed by atoms with Gasteiger partial charge in [0.2, 0.25) is 5.91 Å². The second-order valence-electron chi connectivity index (χ2n) is 2.81. The van der Waals surface area contributed by atoms with Gasteiger partial charge in [-0.25, -0.2) is 4.79 Å². The number of nitrogens with zero attached hydrogens (tertiary/aromatic N) is 1. The largest absolute Gasteiger partial charge is 0.478 e. The lowest BCUT2D eigenvalue weighted by Gasteiger charge is -2.07. The molecular weight excluding hydrogens is 170 g/mol. The minimum atomic E-state index is -1.02. The molecule has 1 aliphatic rings. The van der Waals surface area contributed by atoms with Gasteiger partial charge in [0.05, 0.1) is 5.92 Å². The molecule has 0 bridgehead atoms. The third-order valence-electron chi connectivity index (χ3n) is 1.97. The Morgan fingerprint density at radius 1 is 1.69 bits per heavy atom. The van der Waals surface area contributed by atoms with Crippen LogP contribution in [0.4, 0.5) is 0 Å². The summed E-state index contributed by atoms with van der Waals surface area (Å²) >= 11 is 0. The van der Waals surface area contributed by atoms with Gasteiger partial charge in [0.25, 0.3) is 0 Å². The molecule has 0 radical (unpaired) electrons. The van der Waals surface area contributed by atoms with Gasteiger partial charge in [0.1, 0.15) is 0 Å². The van der Waals surface area contributed by atoms with Crippen molar-refractivity contribution in [2.75, 3.05) is 6.54 Å². The highest BCUT2D eigenvalue weighted by Crippen LogP contribution is 2.18. The first-order valence-electron chi connectivity index (χ1n) is 3.99. The minimum Gasteiger partial charge on any atom is -0.478 e. The Bertz CT molecular complexity index is 270. The summed E-state index contributed by atoms with van der Waals surface area (Å²) < 4.78 is 0. The van der Waals surface area contributed by atoms with Crippen molar-refractivity contribution in [3.05, 3.63) is 24.9 Å². The third kappa shape index (κ3) is 2.18. The molecule has 0 spiro atoms. The maximum Gasteiger partial charge on any atom is 0.328 e. The Hall–Kier alpha value is -1.58. The molecule has 0 aromatic heterocycles. The zero-order valence-electron chi connectivity index (χ0n) is 7.14. The Balaban J connectivity index is 2.60. The number of rotatable bonds is 3. The fraction of sp³-hybridized carbons (Fsp3) is 0.333. The first-order chi connectivity index (χ1) is 6.15. The molecule has 1 heterocycles. The van der Waals surface area contributed by atoms with Gasteiger partial charge in [-0.1, -0.05) is 12.7 Å². The van der Waals surface area contributed by atoms with Gasteiger partial charge in [-0.15, -0.1) is 0 Å². The first-order valence-corrected chi connectivity index (χ1v) is 3.99. The van der Waals surface area contributed by atoms with E-state index >= 15 is 0 Å². The van der Waals surface area contributed by atoms with Crippen LogP contribution in [0.15, 0.2) is 24.9 Å². The summed E-state index contributed by atoms with van der Waals surface area (Å²) in [6.45, 7) is 4.11. The summed E-state index contributed by atoms with van der Waals surface area (Å²) in [4.78, 5) is 23.0. The van der Waals surface area contributed by atoms with E-state index in [0.29, 0.717) is 13.0 Å². The van der Waals surface area contributed by atoms with Crippen LogP contribution in [-0.2, 0) is 9.59 Å². The second kappa shape index (κ2) is 3.89. The molecule has 0 saturated carbocycles. The monoisotopic (exact) mass is 181 g/mol. The van der Waals surface area contributed by atoms with Crippen LogP contribution >= 0.6 is 0 Å². The van der Waals surface area contributed by atoms with Crippen molar-refractivity contribution in [3.8, 4) is 0 Å². The molecular formula is C9H11NO3. The molecule has 0 aliphatic carbocycles. The van der Waals surface area contributed by atoms with Crippen molar-refractivity contribution in [1.29, 1.82) is 0 Å². The van der Waals surface area contributed by atoms with Crippen LogP contribution in [0.3, 0.4) is 0 Å². The molecule has 1 atom stereocenters. The van der Waals surface area contributed by atoms with Crippen LogP contribution in [0.25, 0.3) is 0 Å². The molecule has 1 rings (SSSR count). The summed E-state index contributed by atoms with van der Waals surface area (Å²) in [6.07, 6.45) is 4.56. The van der Waals surface area contributed by atoms with Crippen molar-refractivity contribution in [3.63, 3.8) is 0 Å². The highest BCUT2D eigenvalue weighted by Gasteiger charge is 2.27.